The summed E-state index contributed by atoms with van der Waals surface area (Å²) in [5, 5.41) is 0. The number of fused-ring (bicyclic) bond motifs is 6. The second-order valence-corrected chi connectivity index (χ2v) is 17.7. The van der Waals surface area contributed by atoms with Gasteiger partial charge in [0.05, 0.1) is 5.69 Å². The number of rotatable bonds is 7. The average molecular weight is 758 g/mol. The number of benzene rings is 7. The summed E-state index contributed by atoms with van der Waals surface area (Å²) >= 11 is 1.85. The van der Waals surface area contributed by atoms with Crippen molar-refractivity contribution < 1.29 is 9.47 Å². The van der Waals surface area contributed by atoms with E-state index in [1.54, 1.807) is 0 Å². The molecule has 0 amide bonds. The van der Waals surface area contributed by atoms with Crippen LogP contribution in [0, 0.1) is 0 Å². The molecular weight excluding hydrogens is 712 g/mol. The van der Waals surface area contributed by atoms with Crippen LogP contribution in [-0.4, -0.2) is 13.4 Å². The SMILES string of the molecule is CC(C)c1cc(C(C)C)c(B2c3ccccc3Oc3cc4c(cc32)B2c3ccccc3Sc3cc(N(c5ccccc5)c5ccccc5)cc(c32)O4)c(C(C)C)c1. The lowest BCUT2D eigenvalue weighted by Crippen LogP contribution is -2.61. The molecule has 57 heavy (non-hydrogen) atoms. The Morgan fingerprint density at radius 3 is 1.58 bits per heavy atom. The van der Waals surface area contributed by atoms with E-state index in [9.17, 15) is 0 Å². The van der Waals surface area contributed by atoms with E-state index in [-0.39, 0.29) is 13.4 Å². The molecule has 0 atom stereocenters. The van der Waals surface area contributed by atoms with E-state index >= 15 is 0 Å². The lowest BCUT2D eigenvalue weighted by Gasteiger charge is -2.37. The van der Waals surface area contributed by atoms with Crippen molar-refractivity contribution in [3.8, 4) is 23.0 Å². The van der Waals surface area contributed by atoms with Gasteiger partial charge in [-0.05, 0) is 98.8 Å². The van der Waals surface area contributed by atoms with Crippen molar-refractivity contribution in [1.29, 1.82) is 0 Å². The number of para-hydroxylation sites is 3. The third-order valence-corrected chi connectivity index (χ3v) is 13.2. The van der Waals surface area contributed by atoms with Gasteiger partial charge in [0.1, 0.15) is 23.0 Å². The molecule has 0 radical (unpaired) electrons. The van der Waals surface area contributed by atoms with Gasteiger partial charge < -0.3 is 14.4 Å². The zero-order chi connectivity index (χ0) is 38.9. The van der Waals surface area contributed by atoms with E-state index < -0.39 is 0 Å². The van der Waals surface area contributed by atoms with Crippen LogP contribution in [0.1, 0.15) is 76.0 Å². The molecule has 0 aromatic heterocycles. The van der Waals surface area contributed by atoms with Crippen LogP contribution in [-0.2, 0) is 0 Å². The lowest BCUT2D eigenvalue weighted by molar-refractivity contribution is 0.465. The fourth-order valence-electron chi connectivity index (χ4n) is 9.28. The topological polar surface area (TPSA) is 21.7 Å². The van der Waals surface area contributed by atoms with Gasteiger partial charge in [0.2, 0.25) is 0 Å². The van der Waals surface area contributed by atoms with E-state index in [1.165, 1.54) is 59.3 Å². The fraction of sp³-hybridized carbons (Fsp3) is 0.176. The quantitative estimate of drug-likeness (QED) is 0.151. The first-order valence-corrected chi connectivity index (χ1v) is 21.2. The molecule has 3 heterocycles. The van der Waals surface area contributed by atoms with E-state index in [4.69, 9.17) is 9.47 Å². The highest BCUT2D eigenvalue weighted by molar-refractivity contribution is 8.00. The first-order chi connectivity index (χ1) is 27.7. The normalized spacial score (nSPS) is 13.4. The Labute approximate surface area is 342 Å². The molecule has 0 unspecified atom stereocenters. The Balaban J connectivity index is 1.20. The molecule has 0 N–H and O–H groups in total. The highest BCUT2D eigenvalue weighted by Gasteiger charge is 2.43. The van der Waals surface area contributed by atoms with E-state index in [0.717, 1.165) is 40.1 Å². The van der Waals surface area contributed by atoms with Crippen molar-refractivity contribution in [3.05, 3.63) is 162 Å². The number of hydrogen-bond acceptors (Lipinski definition) is 4. The van der Waals surface area contributed by atoms with Gasteiger partial charge in [-0.2, -0.15) is 0 Å². The summed E-state index contributed by atoms with van der Waals surface area (Å²) in [5.41, 5.74) is 15.1. The second kappa shape index (κ2) is 14.1. The Hall–Kier alpha value is -5.58. The van der Waals surface area contributed by atoms with Gasteiger partial charge in [0.25, 0.3) is 13.4 Å². The Morgan fingerprint density at radius 2 is 0.965 bits per heavy atom. The van der Waals surface area contributed by atoms with Crippen LogP contribution >= 0.6 is 11.8 Å². The van der Waals surface area contributed by atoms with Crippen molar-refractivity contribution >= 4 is 75.0 Å². The minimum absolute atomic E-state index is 0.00715. The van der Waals surface area contributed by atoms with Crippen LogP contribution in [0.15, 0.2) is 155 Å². The maximum Gasteiger partial charge on any atom is 0.253 e. The third kappa shape index (κ3) is 6.00. The first kappa shape index (κ1) is 35.8. The van der Waals surface area contributed by atoms with Crippen molar-refractivity contribution in [2.45, 2.75) is 69.1 Å². The lowest BCUT2D eigenvalue weighted by atomic mass is 9.31. The average Bonchev–Trinajstić information content (AvgIpc) is 3.22. The molecular formula is C51H45B2NO2S. The minimum atomic E-state index is 0.00715. The molecule has 0 fully saturated rings. The van der Waals surface area contributed by atoms with Crippen molar-refractivity contribution in [2.75, 3.05) is 4.90 Å². The smallest absolute Gasteiger partial charge is 0.253 e. The van der Waals surface area contributed by atoms with Gasteiger partial charge in [0, 0.05) is 33.3 Å². The van der Waals surface area contributed by atoms with Crippen LogP contribution in [0.25, 0.3) is 0 Å². The monoisotopic (exact) mass is 757 g/mol. The Bertz CT molecular complexity index is 2610. The molecule has 10 rings (SSSR count). The van der Waals surface area contributed by atoms with Gasteiger partial charge >= 0.3 is 0 Å². The Kier molecular flexibility index (Phi) is 8.86. The molecule has 3 nitrogen and oxygen atoms in total. The summed E-state index contributed by atoms with van der Waals surface area (Å²) < 4.78 is 14.1. The number of anilines is 3. The standard InChI is InChI=1S/C51H45B2NO2S/c1-31(2)34-25-38(32(3)4)50(39(26-34)33(5)6)52-40-21-13-15-23-44(40)55-45-30-46-43(29-42(45)52)53-41-22-14-16-24-48(41)57-49-28-37(27-47(56-46)51(49)53)54(35-17-9-7-10-18-35)36-19-11-8-12-20-36/h7-33H,1-6H3. The summed E-state index contributed by atoms with van der Waals surface area (Å²) in [5.74, 6) is 4.67. The van der Waals surface area contributed by atoms with Gasteiger partial charge in [-0.25, -0.2) is 0 Å². The predicted molar refractivity (Wildman–Crippen MR) is 243 cm³/mol. The van der Waals surface area contributed by atoms with Gasteiger partial charge in [-0.1, -0.05) is 155 Å². The number of ether oxygens (including phenoxy) is 2. The summed E-state index contributed by atoms with van der Waals surface area (Å²) in [4.78, 5) is 4.83. The molecule has 278 valence electrons. The summed E-state index contributed by atoms with van der Waals surface area (Å²) in [6.07, 6.45) is 0. The number of hydrogen-bond donors (Lipinski definition) is 0. The molecule has 0 bridgehead atoms. The Morgan fingerprint density at radius 1 is 0.421 bits per heavy atom. The van der Waals surface area contributed by atoms with E-state index in [0.29, 0.717) is 17.8 Å². The molecule has 7 aromatic rings. The molecule has 0 saturated heterocycles. The molecule has 0 aliphatic carbocycles. The number of nitrogens with zero attached hydrogens (tertiary/aromatic N) is 1. The molecule has 0 spiro atoms. The zero-order valence-corrected chi connectivity index (χ0v) is 34.2. The largest absolute Gasteiger partial charge is 0.458 e. The maximum absolute atomic E-state index is 7.14. The molecule has 0 saturated carbocycles. The van der Waals surface area contributed by atoms with E-state index in [1.807, 2.05) is 11.8 Å². The maximum atomic E-state index is 7.14. The van der Waals surface area contributed by atoms with Crippen molar-refractivity contribution in [2.24, 2.45) is 0 Å². The molecule has 6 heteroatoms. The second-order valence-electron chi connectivity index (χ2n) is 16.6. The highest BCUT2D eigenvalue weighted by atomic mass is 32.2. The first-order valence-electron chi connectivity index (χ1n) is 20.4. The molecule has 3 aliphatic heterocycles. The third-order valence-electron chi connectivity index (χ3n) is 12.0. The summed E-state index contributed by atoms with van der Waals surface area (Å²) in [6.45, 7) is 14.0. The van der Waals surface area contributed by atoms with Crippen LogP contribution in [0.3, 0.4) is 0 Å². The highest BCUT2D eigenvalue weighted by Crippen LogP contribution is 2.44. The van der Waals surface area contributed by atoms with Crippen LogP contribution in [0.2, 0.25) is 0 Å². The van der Waals surface area contributed by atoms with Crippen LogP contribution in [0.4, 0.5) is 17.1 Å². The fourth-order valence-corrected chi connectivity index (χ4v) is 10.5. The molecule has 3 aliphatic rings. The van der Waals surface area contributed by atoms with Gasteiger partial charge in [-0.3, -0.25) is 0 Å². The molecule has 7 aromatic carbocycles. The van der Waals surface area contributed by atoms with Crippen LogP contribution < -0.4 is 47.2 Å². The minimum Gasteiger partial charge on any atom is -0.458 e. The zero-order valence-electron chi connectivity index (χ0n) is 33.4. The van der Waals surface area contributed by atoms with Crippen molar-refractivity contribution in [3.63, 3.8) is 0 Å². The van der Waals surface area contributed by atoms with E-state index in [2.05, 4.69) is 192 Å². The van der Waals surface area contributed by atoms with Crippen molar-refractivity contribution in [1.82, 2.24) is 0 Å². The van der Waals surface area contributed by atoms with Crippen LogP contribution in [0.5, 0.6) is 23.0 Å². The summed E-state index contributed by atoms with van der Waals surface area (Å²) in [6, 6.07) is 53.0. The van der Waals surface area contributed by atoms with Gasteiger partial charge in [0.15, 0.2) is 0 Å². The summed E-state index contributed by atoms with van der Waals surface area (Å²) in [7, 11) is 0. The predicted octanol–water partition coefficient (Wildman–Crippen LogP) is 10.2. The van der Waals surface area contributed by atoms with Gasteiger partial charge in [-0.15, -0.1) is 0 Å².